The fraction of sp³-hybridized carbons (Fsp3) is 0.214. The Labute approximate surface area is 131 Å². The number of carbonyl (C=O) groups is 1. The van der Waals surface area contributed by atoms with E-state index in [-0.39, 0.29) is 12.5 Å². The van der Waals surface area contributed by atoms with E-state index in [9.17, 15) is 4.79 Å². The summed E-state index contributed by atoms with van der Waals surface area (Å²) in [5, 5.41) is 6.51. The zero-order valence-corrected chi connectivity index (χ0v) is 12.1. The van der Waals surface area contributed by atoms with Crippen LogP contribution in [0.2, 0.25) is 0 Å². The second kappa shape index (κ2) is 6.79. The van der Waals surface area contributed by atoms with Crippen LogP contribution in [0.5, 0.6) is 0 Å². The molecule has 4 N–H and O–H groups in total. The molecule has 0 saturated carbocycles. The van der Waals surface area contributed by atoms with Gasteiger partial charge in [0, 0.05) is 36.3 Å². The summed E-state index contributed by atoms with van der Waals surface area (Å²) in [6.45, 7) is 0.114. The Bertz CT molecular complexity index is 755. The van der Waals surface area contributed by atoms with Crippen LogP contribution in [0.1, 0.15) is 11.6 Å². The number of nitrogens with one attached hydrogen (secondary N) is 2. The van der Waals surface area contributed by atoms with Gasteiger partial charge in [-0.1, -0.05) is 5.16 Å². The van der Waals surface area contributed by atoms with Gasteiger partial charge in [-0.3, -0.25) is 9.78 Å². The first kappa shape index (κ1) is 14.9. The molecule has 0 aliphatic rings. The van der Waals surface area contributed by atoms with Crippen LogP contribution in [0.4, 0.5) is 0 Å². The molecule has 0 fully saturated rings. The van der Waals surface area contributed by atoms with Crippen LogP contribution in [0.3, 0.4) is 0 Å². The van der Waals surface area contributed by atoms with E-state index in [4.69, 9.17) is 10.3 Å². The van der Waals surface area contributed by atoms with E-state index in [0.717, 1.165) is 11.3 Å². The first-order chi connectivity index (χ1) is 11.2. The van der Waals surface area contributed by atoms with Gasteiger partial charge in [0.25, 0.3) is 0 Å². The number of nitrogens with zero attached hydrogens (tertiary/aromatic N) is 4. The van der Waals surface area contributed by atoms with Crippen molar-refractivity contribution in [3.05, 3.63) is 48.6 Å². The minimum atomic E-state index is -0.684. The molecular formula is C14H15N7O2. The molecule has 9 heteroatoms. The van der Waals surface area contributed by atoms with Gasteiger partial charge in [-0.15, -0.1) is 0 Å². The van der Waals surface area contributed by atoms with Crippen molar-refractivity contribution in [3.63, 3.8) is 0 Å². The minimum Gasteiger partial charge on any atom is -0.348 e. The molecule has 1 atom stereocenters. The summed E-state index contributed by atoms with van der Waals surface area (Å²) >= 11 is 0. The quantitative estimate of drug-likeness (QED) is 0.584. The molecule has 0 radical (unpaired) electrons. The van der Waals surface area contributed by atoms with Crippen molar-refractivity contribution in [3.8, 4) is 11.4 Å². The maximum atomic E-state index is 11.9. The van der Waals surface area contributed by atoms with Crippen molar-refractivity contribution in [2.75, 3.05) is 0 Å². The van der Waals surface area contributed by atoms with E-state index in [1.54, 1.807) is 31.0 Å². The molecule has 118 valence electrons. The number of amides is 1. The fourth-order valence-electron chi connectivity index (χ4n) is 1.96. The Hall–Kier alpha value is -3.07. The van der Waals surface area contributed by atoms with E-state index in [0.29, 0.717) is 18.1 Å². The van der Waals surface area contributed by atoms with Gasteiger partial charge in [0.15, 0.2) is 0 Å². The summed E-state index contributed by atoms with van der Waals surface area (Å²) in [4.78, 5) is 26.9. The van der Waals surface area contributed by atoms with Crippen LogP contribution in [0.15, 0.2) is 41.6 Å². The maximum Gasteiger partial charge on any atom is 0.246 e. The van der Waals surface area contributed by atoms with Gasteiger partial charge in [-0.05, 0) is 12.1 Å². The Morgan fingerprint density at radius 1 is 1.39 bits per heavy atom. The molecule has 23 heavy (non-hydrogen) atoms. The third-order valence-corrected chi connectivity index (χ3v) is 3.13. The van der Waals surface area contributed by atoms with Crippen LogP contribution in [0, 0.1) is 0 Å². The number of pyridine rings is 1. The number of imidazole rings is 1. The predicted molar refractivity (Wildman–Crippen MR) is 79.6 cm³/mol. The number of aromatic amines is 1. The molecule has 3 rings (SSSR count). The normalized spacial score (nSPS) is 12.0. The van der Waals surface area contributed by atoms with E-state index < -0.39 is 6.04 Å². The van der Waals surface area contributed by atoms with Crippen LogP contribution in [-0.4, -0.2) is 37.0 Å². The highest BCUT2D eigenvalue weighted by molar-refractivity contribution is 5.81. The third-order valence-electron chi connectivity index (χ3n) is 3.13. The van der Waals surface area contributed by atoms with Crippen molar-refractivity contribution < 1.29 is 9.32 Å². The molecule has 3 aromatic rings. The summed E-state index contributed by atoms with van der Waals surface area (Å²) in [5.74, 6) is 0.413. The maximum absolute atomic E-state index is 11.9. The van der Waals surface area contributed by atoms with Crippen LogP contribution < -0.4 is 11.1 Å². The second-order valence-electron chi connectivity index (χ2n) is 4.86. The van der Waals surface area contributed by atoms with E-state index in [1.165, 1.54) is 0 Å². The lowest BCUT2D eigenvalue weighted by molar-refractivity contribution is -0.122. The number of carbonyl (C=O) groups excluding carboxylic acids is 1. The average Bonchev–Trinajstić information content (AvgIpc) is 3.25. The van der Waals surface area contributed by atoms with E-state index >= 15 is 0 Å². The van der Waals surface area contributed by atoms with Crippen LogP contribution >= 0.6 is 0 Å². The van der Waals surface area contributed by atoms with Crippen molar-refractivity contribution in [1.82, 2.24) is 30.4 Å². The lowest BCUT2D eigenvalue weighted by Gasteiger charge is -2.09. The van der Waals surface area contributed by atoms with Crippen LogP contribution in [-0.2, 0) is 17.8 Å². The Morgan fingerprint density at radius 3 is 3.04 bits per heavy atom. The molecule has 0 aliphatic carbocycles. The summed E-state index contributed by atoms with van der Waals surface area (Å²) in [7, 11) is 0. The van der Waals surface area contributed by atoms with Crippen molar-refractivity contribution >= 4 is 5.91 Å². The number of H-pyrrole nitrogens is 1. The van der Waals surface area contributed by atoms with Gasteiger partial charge in [-0.25, -0.2) is 4.98 Å². The smallest absolute Gasteiger partial charge is 0.246 e. The highest BCUT2D eigenvalue weighted by Crippen LogP contribution is 2.13. The molecule has 0 spiro atoms. The van der Waals surface area contributed by atoms with Crippen molar-refractivity contribution in [1.29, 1.82) is 0 Å². The summed E-state index contributed by atoms with van der Waals surface area (Å²) in [6.07, 6.45) is 6.83. The number of nitrogens with two attached hydrogens (primary N) is 1. The van der Waals surface area contributed by atoms with Gasteiger partial charge in [0.2, 0.25) is 17.6 Å². The lowest BCUT2D eigenvalue weighted by Crippen LogP contribution is -2.41. The summed E-state index contributed by atoms with van der Waals surface area (Å²) in [6, 6.07) is 2.92. The summed E-state index contributed by atoms with van der Waals surface area (Å²) < 4.78 is 5.09. The Kier molecular flexibility index (Phi) is 4.39. The Balaban J connectivity index is 1.54. The molecule has 0 bridgehead atoms. The van der Waals surface area contributed by atoms with E-state index in [2.05, 4.69) is 30.4 Å². The lowest BCUT2D eigenvalue weighted by atomic mass is 10.1. The van der Waals surface area contributed by atoms with E-state index in [1.807, 2.05) is 6.07 Å². The average molecular weight is 313 g/mol. The molecular weight excluding hydrogens is 298 g/mol. The molecule has 3 aromatic heterocycles. The number of aromatic nitrogens is 5. The molecule has 0 saturated heterocycles. The predicted octanol–water partition coefficient (Wildman–Crippen LogP) is 0.0409. The van der Waals surface area contributed by atoms with Gasteiger partial charge in [0.05, 0.1) is 18.9 Å². The number of hydrogen-bond donors (Lipinski definition) is 3. The van der Waals surface area contributed by atoms with Gasteiger partial charge >= 0.3 is 0 Å². The number of hydrogen-bond acceptors (Lipinski definition) is 7. The van der Waals surface area contributed by atoms with Crippen molar-refractivity contribution in [2.24, 2.45) is 5.73 Å². The molecule has 0 unspecified atom stereocenters. The summed E-state index contributed by atoms with van der Waals surface area (Å²) in [5.41, 5.74) is 7.37. The van der Waals surface area contributed by atoms with Gasteiger partial charge < -0.3 is 20.6 Å². The highest BCUT2D eigenvalue weighted by atomic mass is 16.5. The molecule has 0 aromatic carbocycles. The highest BCUT2D eigenvalue weighted by Gasteiger charge is 2.16. The standard InChI is InChI=1S/C14H15N7O2/c15-11(4-10-6-17-8-19-10)14(22)18-7-12-20-13(21-23-12)9-2-1-3-16-5-9/h1-3,5-6,8,11H,4,7,15H2,(H,17,19)(H,18,22)/t11-/m0/s1. The largest absolute Gasteiger partial charge is 0.348 e. The van der Waals surface area contributed by atoms with Crippen molar-refractivity contribution in [2.45, 2.75) is 19.0 Å². The topological polar surface area (TPSA) is 136 Å². The second-order valence-corrected chi connectivity index (χ2v) is 4.86. The Morgan fingerprint density at radius 2 is 2.30 bits per heavy atom. The minimum absolute atomic E-state index is 0.114. The van der Waals surface area contributed by atoms with Gasteiger partial charge in [-0.2, -0.15) is 4.98 Å². The SMILES string of the molecule is N[C@@H](Cc1cnc[nH]1)C(=O)NCc1nc(-c2cccnc2)no1. The zero-order chi connectivity index (χ0) is 16.1. The third kappa shape index (κ3) is 3.77. The first-order valence-electron chi connectivity index (χ1n) is 6.96. The molecule has 9 nitrogen and oxygen atoms in total. The molecule has 3 heterocycles. The number of rotatable bonds is 6. The van der Waals surface area contributed by atoms with Gasteiger partial charge in [0.1, 0.15) is 0 Å². The zero-order valence-electron chi connectivity index (χ0n) is 12.1. The monoisotopic (exact) mass is 313 g/mol. The molecule has 0 aliphatic heterocycles. The fourth-order valence-corrected chi connectivity index (χ4v) is 1.96. The molecule has 1 amide bonds. The first-order valence-corrected chi connectivity index (χ1v) is 6.96. The van der Waals surface area contributed by atoms with Crippen LogP contribution in [0.25, 0.3) is 11.4 Å².